The number of benzene rings is 1. The van der Waals surface area contributed by atoms with Gasteiger partial charge in [0.1, 0.15) is 10.6 Å². The highest BCUT2D eigenvalue weighted by atomic mass is 32.1. The second-order valence-corrected chi connectivity index (χ2v) is 5.77. The first-order valence-electron chi connectivity index (χ1n) is 6.56. The zero-order valence-corrected chi connectivity index (χ0v) is 11.7. The lowest BCUT2D eigenvalue weighted by atomic mass is 10.0. The number of thiophene rings is 1. The molecular formula is C15H16O3S. The maximum atomic E-state index is 11.6. The van der Waals surface area contributed by atoms with Gasteiger partial charge in [-0.1, -0.05) is 0 Å². The summed E-state index contributed by atoms with van der Waals surface area (Å²) < 4.78 is 11.8. The minimum atomic E-state index is -0.262. The molecule has 1 aliphatic heterocycles. The molecular weight excluding hydrogens is 260 g/mol. The number of fused-ring (bicyclic) bond motifs is 3. The number of carbonyl (C=O) groups excluding carboxylic acids is 1. The van der Waals surface area contributed by atoms with E-state index in [2.05, 4.69) is 0 Å². The van der Waals surface area contributed by atoms with Crippen molar-refractivity contribution >= 4 is 27.4 Å². The van der Waals surface area contributed by atoms with E-state index in [9.17, 15) is 4.79 Å². The van der Waals surface area contributed by atoms with Gasteiger partial charge >= 0.3 is 5.97 Å². The average Bonchev–Trinajstić information content (AvgIpc) is 2.82. The van der Waals surface area contributed by atoms with Crippen LogP contribution < -0.4 is 4.74 Å². The lowest BCUT2D eigenvalue weighted by Gasteiger charge is -2.15. The van der Waals surface area contributed by atoms with Crippen LogP contribution in [0.25, 0.3) is 10.1 Å². The maximum Gasteiger partial charge on any atom is 0.348 e. The van der Waals surface area contributed by atoms with Crippen molar-refractivity contribution in [1.82, 2.24) is 0 Å². The molecule has 0 saturated carbocycles. The lowest BCUT2D eigenvalue weighted by Crippen LogP contribution is -2.04. The van der Waals surface area contributed by atoms with Crippen LogP contribution in [0.1, 0.15) is 34.5 Å². The van der Waals surface area contributed by atoms with Gasteiger partial charge in [-0.3, -0.25) is 0 Å². The molecule has 1 aromatic carbocycles. The second kappa shape index (κ2) is 5.21. The third kappa shape index (κ3) is 2.32. The molecule has 0 unspecified atom stereocenters. The molecule has 0 spiro atoms. The summed E-state index contributed by atoms with van der Waals surface area (Å²) >= 11 is 1.51. The fourth-order valence-corrected chi connectivity index (χ4v) is 3.62. The molecule has 4 heteroatoms. The van der Waals surface area contributed by atoms with Gasteiger partial charge in [-0.25, -0.2) is 4.79 Å². The highest BCUT2D eigenvalue weighted by molar-refractivity contribution is 7.21. The van der Waals surface area contributed by atoms with Crippen LogP contribution in [0.2, 0.25) is 0 Å². The zero-order chi connectivity index (χ0) is 13.2. The molecule has 0 fully saturated rings. The van der Waals surface area contributed by atoms with Crippen LogP contribution >= 0.6 is 11.3 Å². The number of carbonyl (C=O) groups is 1. The molecule has 3 nitrogen and oxygen atoms in total. The first-order valence-corrected chi connectivity index (χ1v) is 7.38. The van der Waals surface area contributed by atoms with Crippen LogP contribution in [-0.4, -0.2) is 19.7 Å². The molecule has 0 saturated heterocycles. The molecule has 0 N–H and O–H groups in total. The fourth-order valence-electron chi connectivity index (χ4n) is 2.48. The van der Waals surface area contributed by atoms with Gasteiger partial charge in [0.2, 0.25) is 0 Å². The summed E-state index contributed by atoms with van der Waals surface area (Å²) in [6.07, 6.45) is 4.52. The Morgan fingerprint density at radius 3 is 3.05 bits per heavy atom. The van der Waals surface area contributed by atoms with Crippen molar-refractivity contribution in [2.24, 2.45) is 0 Å². The minimum absolute atomic E-state index is 0.262. The molecule has 0 radical (unpaired) electrons. The molecule has 0 amide bonds. The van der Waals surface area contributed by atoms with Crippen LogP contribution in [-0.2, 0) is 11.2 Å². The van der Waals surface area contributed by atoms with Gasteiger partial charge in [0.15, 0.2) is 0 Å². The standard InChI is InChI=1S/C15H16O3S/c1-17-15(16)13-9-10-6-7-12-11(14(10)19-13)5-3-2-4-8-18-12/h6-7,9H,2-5,8H2,1H3. The second-order valence-electron chi connectivity index (χ2n) is 4.72. The molecule has 0 bridgehead atoms. The Balaban J connectivity index is 2.11. The van der Waals surface area contributed by atoms with E-state index in [0.717, 1.165) is 30.6 Å². The third-order valence-electron chi connectivity index (χ3n) is 3.46. The van der Waals surface area contributed by atoms with Crippen LogP contribution in [0, 0.1) is 0 Å². The molecule has 19 heavy (non-hydrogen) atoms. The summed E-state index contributed by atoms with van der Waals surface area (Å²) in [6.45, 7) is 0.785. The summed E-state index contributed by atoms with van der Waals surface area (Å²) in [5, 5.41) is 1.10. The molecule has 0 aliphatic carbocycles. The van der Waals surface area contributed by atoms with Crippen molar-refractivity contribution in [2.45, 2.75) is 25.7 Å². The summed E-state index contributed by atoms with van der Waals surface area (Å²) in [7, 11) is 1.42. The van der Waals surface area contributed by atoms with E-state index in [4.69, 9.17) is 9.47 Å². The smallest absolute Gasteiger partial charge is 0.348 e. The SMILES string of the molecule is COC(=O)c1cc2ccc3c(c2s1)CCCCCO3. The summed E-state index contributed by atoms with van der Waals surface area (Å²) in [6, 6.07) is 5.96. The fraction of sp³-hybridized carbons (Fsp3) is 0.400. The van der Waals surface area contributed by atoms with Gasteiger partial charge in [-0.15, -0.1) is 11.3 Å². The van der Waals surface area contributed by atoms with Gasteiger partial charge in [-0.05, 0) is 49.3 Å². The molecule has 2 heterocycles. The Bertz CT molecular complexity index is 615. The first kappa shape index (κ1) is 12.5. The number of esters is 1. The summed E-state index contributed by atoms with van der Waals surface area (Å²) in [4.78, 5) is 12.3. The van der Waals surface area contributed by atoms with Crippen LogP contribution in [0.3, 0.4) is 0 Å². The number of rotatable bonds is 1. The van der Waals surface area contributed by atoms with E-state index in [0.29, 0.717) is 4.88 Å². The Morgan fingerprint density at radius 1 is 1.32 bits per heavy atom. The van der Waals surface area contributed by atoms with Crippen molar-refractivity contribution in [2.75, 3.05) is 13.7 Å². The Labute approximate surface area is 116 Å². The predicted octanol–water partition coefficient (Wildman–Crippen LogP) is 3.79. The van der Waals surface area contributed by atoms with E-state index in [1.165, 1.54) is 41.6 Å². The van der Waals surface area contributed by atoms with Gasteiger partial charge in [0, 0.05) is 10.3 Å². The minimum Gasteiger partial charge on any atom is -0.493 e. The van der Waals surface area contributed by atoms with Crippen LogP contribution in [0.4, 0.5) is 0 Å². The highest BCUT2D eigenvalue weighted by Gasteiger charge is 2.16. The number of ether oxygens (including phenoxy) is 2. The number of hydrogen-bond donors (Lipinski definition) is 0. The van der Waals surface area contributed by atoms with Crippen molar-refractivity contribution in [3.05, 3.63) is 28.6 Å². The maximum absolute atomic E-state index is 11.6. The van der Waals surface area contributed by atoms with Crippen molar-refractivity contribution in [3.8, 4) is 5.75 Å². The van der Waals surface area contributed by atoms with Gasteiger partial charge < -0.3 is 9.47 Å². The van der Waals surface area contributed by atoms with E-state index >= 15 is 0 Å². The zero-order valence-electron chi connectivity index (χ0n) is 10.9. The van der Waals surface area contributed by atoms with Crippen molar-refractivity contribution in [3.63, 3.8) is 0 Å². The van der Waals surface area contributed by atoms with E-state index in [1.807, 2.05) is 18.2 Å². The quantitative estimate of drug-likeness (QED) is 0.743. The van der Waals surface area contributed by atoms with Gasteiger partial charge in [0.25, 0.3) is 0 Å². The van der Waals surface area contributed by atoms with E-state index in [-0.39, 0.29) is 5.97 Å². The Kier molecular flexibility index (Phi) is 3.42. The van der Waals surface area contributed by atoms with E-state index < -0.39 is 0 Å². The normalized spacial score (nSPS) is 15.2. The Morgan fingerprint density at radius 2 is 2.21 bits per heavy atom. The summed E-state index contributed by atoms with van der Waals surface area (Å²) in [5.41, 5.74) is 1.25. The molecule has 100 valence electrons. The number of methoxy groups -OCH3 is 1. The van der Waals surface area contributed by atoms with E-state index in [1.54, 1.807) is 0 Å². The molecule has 1 aliphatic rings. The molecule has 3 rings (SSSR count). The molecule has 1 aromatic heterocycles. The lowest BCUT2D eigenvalue weighted by molar-refractivity contribution is 0.0606. The Hall–Kier alpha value is -1.55. The summed E-state index contributed by atoms with van der Waals surface area (Å²) in [5.74, 6) is 0.715. The first-order chi connectivity index (χ1) is 9.29. The topological polar surface area (TPSA) is 35.5 Å². The van der Waals surface area contributed by atoms with Gasteiger partial charge in [-0.2, -0.15) is 0 Å². The monoisotopic (exact) mass is 276 g/mol. The van der Waals surface area contributed by atoms with Crippen LogP contribution in [0.15, 0.2) is 18.2 Å². The number of hydrogen-bond acceptors (Lipinski definition) is 4. The average molecular weight is 276 g/mol. The van der Waals surface area contributed by atoms with Crippen molar-refractivity contribution in [1.29, 1.82) is 0 Å². The third-order valence-corrected chi connectivity index (χ3v) is 4.65. The highest BCUT2D eigenvalue weighted by Crippen LogP contribution is 2.36. The largest absolute Gasteiger partial charge is 0.493 e. The van der Waals surface area contributed by atoms with Crippen molar-refractivity contribution < 1.29 is 14.3 Å². The number of aryl methyl sites for hydroxylation is 1. The molecule has 0 atom stereocenters. The van der Waals surface area contributed by atoms with Crippen LogP contribution in [0.5, 0.6) is 5.75 Å². The molecule has 2 aromatic rings. The predicted molar refractivity (Wildman–Crippen MR) is 76.2 cm³/mol. The van der Waals surface area contributed by atoms with Gasteiger partial charge in [0.05, 0.1) is 13.7 Å².